The molecule has 0 unspecified atom stereocenters. The van der Waals surface area contributed by atoms with Crippen molar-refractivity contribution in [2.45, 2.75) is 0 Å². The average Bonchev–Trinajstić information content (AvgIpc) is 2.39. The van der Waals surface area contributed by atoms with Crippen LogP contribution in [0.4, 0.5) is 0 Å². The fourth-order valence-corrected chi connectivity index (χ4v) is 1.70. The Morgan fingerprint density at radius 2 is 1.78 bits per heavy atom. The molecule has 0 radical (unpaired) electrons. The summed E-state index contributed by atoms with van der Waals surface area (Å²) in [6, 6.07) is 11.3. The molecule has 2 rings (SSSR count). The van der Waals surface area contributed by atoms with E-state index in [0.717, 1.165) is 11.1 Å². The van der Waals surface area contributed by atoms with Gasteiger partial charge in [0.25, 0.3) is 0 Å². The molecule has 0 atom stereocenters. The van der Waals surface area contributed by atoms with E-state index in [1.807, 2.05) is 0 Å². The number of hydrogen-bond acceptors (Lipinski definition) is 3. The number of phenols is 1. The first-order valence-electron chi connectivity index (χ1n) is 5.32. The van der Waals surface area contributed by atoms with Gasteiger partial charge in [0.2, 0.25) is 0 Å². The van der Waals surface area contributed by atoms with Crippen LogP contribution in [-0.4, -0.2) is 23.3 Å². The lowest BCUT2D eigenvalue weighted by molar-refractivity contribution is 0.0696. The lowest BCUT2D eigenvalue weighted by Gasteiger charge is -2.09. The second-order valence-corrected chi connectivity index (χ2v) is 3.77. The van der Waals surface area contributed by atoms with Crippen molar-refractivity contribution in [3.63, 3.8) is 0 Å². The van der Waals surface area contributed by atoms with Crippen molar-refractivity contribution in [1.82, 2.24) is 0 Å². The Balaban J connectivity index is 2.50. The second-order valence-electron chi connectivity index (χ2n) is 3.77. The Labute approximate surface area is 104 Å². The summed E-state index contributed by atoms with van der Waals surface area (Å²) in [6.45, 7) is 0. The van der Waals surface area contributed by atoms with E-state index in [4.69, 9.17) is 9.84 Å². The van der Waals surface area contributed by atoms with E-state index in [1.165, 1.54) is 19.2 Å². The molecule has 0 saturated carbocycles. The van der Waals surface area contributed by atoms with Crippen LogP contribution in [0, 0.1) is 0 Å². The van der Waals surface area contributed by atoms with E-state index < -0.39 is 5.97 Å². The van der Waals surface area contributed by atoms with Gasteiger partial charge in [0.1, 0.15) is 11.5 Å². The maximum atomic E-state index is 10.9. The molecule has 2 N–H and O–H groups in total. The minimum absolute atomic E-state index is 0.175. The first-order chi connectivity index (χ1) is 8.61. The molecule has 0 spiro atoms. The number of carbonyl (C=O) groups is 1. The third-order valence-corrected chi connectivity index (χ3v) is 2.63. The van der Waals surface area contributed by atoms with Crippen molar-refractivity contribution in [1.29, 1.82) is 0 Å². The highest BCUT2D eigenvalue weighted by atomic mass is 16.5. The number of aromatic carboxylic acids is 1. The highest BCUT2D eigenvalue weighted by molar-refractivity contribution is 5.89. The molecule has 4 nitrogen and oxygen atoms in total. The summed E-state index contributed by atoms with van der Waals surface area (Å²) in [4.78, 5) is 10.9. The molecule has 0 aliphatic rings. The highest BCUT2D eigenvalue weighted by Crippen LogP contribution is 2.31. The van der Waals surface area contributed by atoms with Gasteiger partial charge in [-0.3, -0.25) is 0 Å². The number of carboxylic acids is 1. The van der Waals surface area contributed by atoms with Gasteiger partial charge in [-0.2, -0.15) is 0 Å². The van der Waals surface area contributed by atoms with Gasteiger partial charge in [-0.1, -0.05) is 12.1 Å². The van der Waals surface area contributed by atoms with Crippen LogP contribution >= 0.6 is 0 Å². The summed E-state index contributed by atoms with van der Waals surface area (Å²) in [5.41, 5.74) is 1.80. The number of aromatic hydroxyl groups is 1. The maximum absolute atomic E-state index is 10.9. The predicted octanol–water partition coefficient (Wildman–Crippen LogP) is 2.77. The van der Waals surface area contributed by atoms with Gasteiger partial charge in [-0.05, 0) is 35.9 Å². The summed E-state index contributed by atoms with van der Waals surface area (Å²) in [5, 5.41) is 18.2. The number of phenolic OH excluding ortho intramolecular Hbond substituents is 1. The van der Waals surface area contributed by atoms with Crippen molar-refractivity contribution in [2.24, 2.45) is 0 Å². The Morgan fingerprint density at radius 1 is 1.11 bits per heavy atom. The lowest BCUT2D eigenvalue weighted by atomic mass is 10.0. The van der Waals surface area contributed by atoms with Gasteiger partial charge in [0, 0.05) is 5.56 Å². The molecule has 0 amide bonds. The largest absolute Gasteiger partial charge is 0.508 e. The quantitative estimate of drug-likeness (QED) is 0.871. The zero-order chi connectivity index (χ0) is 13.1. The van der Waals surface area contributed by atoms with Crippen LogP contribution in [0.5, 0.6) is 11.5 Å². The van der Waals surface area contributed by atoms with Crippen LogP contribution in [-0.2, 0) is 0 Å². The van der Waals surface area contributed by atoms with E-state index in [1.54, 1.807) is 30.3 Å². The molecule has 0 fully saturated rings. The fourth-order valence-electron chi connectivity index (χ4n) is 1.70. The van der Waals surface area contributed by atoms with Crippen LogP contribution in [0.15, 0.2) is 42.5 Å². The van der Waals surface area contributed by atoms with Crippen molar-refractivity contribution >= 4 is 5.97 Å². The number of benzene rings is 2. The molecular weight excluding hydrogens is 232 g/mol. The molecule has 92 valence electrons. The molecule has 2 aromatic rings. The van der Waals surface area contributed by atoms with Gasteiger partial charge < -0.3 is 14.9 Å². The highest BCUT2D eigenvalue weighted by Gasteiger charge is 2.10. The van der Waals surface area contributed by atoms with Gasteiger partial charge in [0.05, 0.1) is 12.7 Å². The second kappa shape index (κ2) is 4.79. The molecular formula is C14H12O4. The molecule has 0 aliphatic heterocycles. The molecule has 0 aromatic heterocycles. The summed E-state index contributed by atoms with van der Waals surface area (Å²) in [6.07, 6.45) is 0. The van der Waals surface area contributed by atoms with Crippen LogP contribution < -0.4 is 4.74 Å². The van der Waals surface area contributed by atoms with Crippen molar-refractivity contribution in [3.8, 4) is 22.6 Å². The predicted molar refractivity (Wildman–Crippen MR) is 67.1 cm³/mol. The number of carboxylic acid groups (broad SMARTS) is 1. The molecule has 0 heterocycles. The minimum atomic E-state index is -0.995. The Morgan fingerprint density at radius 3 is 2.33 bits per heavy atom. The van der Waals surface area contributed by atoms with E-state index >= 15 is 0 Å². The number of hydrogen-bond donors (Lipinski definition) is 2. The molecule has 0 bridgehead atoms. The van der Waals surface area contributed by atoms with Gasteiger partial charge >= 0.3 is 5.97 Å². The smallest absolute Gasteiger partial charge is 0.335 e. The monoisotopic (exact) mass is 244 g/mol. The lowest BCUT2D eigenvalue weighted by Crippen LogP contribution is -1.97. The third-order valence-electron chi connectivity index (χ3n) is 2.63. The van der Waals surface area contributed by atoms with E-state index in [-0.39, 0.29) is 11.3 Å². The van der Waals surface area contributed by atoms with E-state index in [0.29, 0.717) is 5.75 Å². The van der Waals surface area contributed by atoms with Crippen LogP contribution in [0.2, 0.25) is 0 Å². The Bertz CT molecular complexity index is 573. The molecule has 0 saturated heterocycles. The van der Waals surface area contributed by atoms with Crippen LogP contribution in [0.3, 0.4) is 0 Å². The Kier molecular flexibility index (Phi) is 3.19. The van der Waals surface area contributed by atoms with Crippen molar-refractivity contribution in [2.75, 3.05) is 7.11 Å². The van der Waals surface area contributed by atoms with E-state index in [9.17, 15) is 9.90 Å². The number of methoxy groups -OCH3 is 1. The standard InChI is InChI=1S/C14H12O4/c1-18-13-8-10(14(16)17)4-7-12(13)9-2-5-11(15)6-3-9/h2-8,15H,1H3,(H,16,17). The maximum Gasteiger partial charge on any atom is 0.335 e. The Hall–Kier alpha value is -2.49. The molecule has 18 heavy (non-hydrogen) atoms. The van der Waals surface area contributed by atoms with E-state index in [2.05, 4.69) is 0 Å². The van der Waals surface area contributed by atoms with Crippen molar-refractivity contribution < 1.29 is 19.7 Å². The summed E-state index contributed by atoms with van der Waals surface area (Å²) in [7, 11) is 1.49. The van der Waals surface area contributed by atoms with Crippen molar-refractivity contribution in [3.05, 3.63) is 48.0 Å². The zero-order valence-electron chi connectivity index (χ0n) is 9.75. The van der Waals surface area contributed by atoms with Crippen LogP contribution in [0.1, 0.15) is 10.4 Å². The van der Waals surface area contributed by atoms with Crippen LogP contribution in [0.25, 0.3) is 11.1 Å². The zero-order valence-corrected chi connectivity index (χ0v) is 9.75. The SMILES string of the molecule is COc1cc(C(=O)O)ccc1-c1ccc(O)cc1. The molecule has 0 aliphatic carbocycles. The molecule has 2 aromatic carbocycles. The van der Waals surface area contributed by atoms with Gasteiger partial charge in [0.15, 0.2) is 0 Å². The summed E-state index contributed by atoms with van der Waals surface area (Å²) >= 11 is 0. The number of rotatable bonds is 3. The normalized spacial score (nSPS) is 10.1. The third kappa shape index (κ3) is 2.27. The summed E-state index contributed by atoms with van der Waals surface area (Å²) < 4.78 is 5.19. The summed E-state index contributed by atoms with van der Waals surface area (Å²) in [5.74, 6) is -0.328. The molecule has 4 heteroatoms. The first kappa shape index (κ1) is 12.0. The first-order valence-corrected chi connectivity index (χ1v) is 5.32. The van der Waals surface area contributed by atoms with Gasteiger partial charge in [-0.25, -0.2) is 4.79 Å². The minimum Gasteiger partial charge on any atom is -0.508 e. The topological polar surface area (TPSA) is 66.8 Å². The number of ether oxygens (including phenoxy) is 1. The fraction of sp³-hybridized carbons (Fsp3) is 0.0714. The van der Waals surface area contributed by atoms with Gasteiger partial charge in [-0.15, -0.1) is 0 Å². The average molecular weight is 244 g/mol.